The fourth-order valence-corrected chi connectivity index (χ4v) is 4.12. The van der Waals surface area contributed by atoms with Crippen molar-refractivity contribution >= 4 is 22.6 Å². The molecule has 1 aromatic heterocycles. The van der Waals surface area contributed by atoms with Gasteiger partial charge in [-0.3, -0.25) is 4.79 Å². The molecule has 0 spiro atoms. The number of benzene rings is 3. The van der Waals surface area contributed by atoms with E-state index >= 15 is 0 Å². The van der Waals surface area contributed by atoms with E-state index < -0.39 is 0 Å². The summed E-state index contributed by atoms with van der Waals surface area (Å²) in [5, 5.41) is 21.0. The van der Waals surface area contributed by atoms with Crippen LogP contribution < -0.4 is 16.0 Å². The summed E-state index contributed by atoms with van der Waals surface area (Å²) in [7, 11) is 0. The molecule has 7 nitrogen and oxygen atoms in total. The largest absolute Gasteiger partial charge is 0.507 e. The molecule has 0 radical (unpaired) electrons. The average molecular weight is 440 g/mol. The van der Waals surface area contributed by atoms with Gasteiger partial charge in [0.2, 0.25) is 5.91 Å². The Balaban J connectivity index is 1.32. The molecule has 166 valence electrons. The molecular weight excluding hydrogens is 414 g/mol. The van der Waals surface area contributed by atoms with Gasteiger partial charge in [0.25, 0.3) is 0 Å². The minimum Gasteiger partial charge on any atom is -0.507 e. The van der Waals surface area contributed by atoms with Gasteiger partial charge in [-0.25, -0.2) is 9.97 Å². The number of phenols is 1. The molecular formula is C26H25N5O2. The summed E-state index contributed by atoms with van der Waals surface area (Å²) in [6.07, 6.45) is 0.644. The molecule has 1 fully saturated rings. The van der Waals surface area contributed by atoms with Crippen molar-refractivity contribution in [1.29, 1.82) is 0 Å². The number of para-hydroxylation sites is 2. The van der Waals surface area contributed by atoms with Crippen LogP contribution in [0.2, 0.25) is 0 Å². The van der Waals surface area contributed by atoms with Gasteiger partial charge in [-0.2, -0.15) is 0 Å². The van der Waals surface area contributed by atoms with E-state index in [1.54, 1.807) is 18.2 Å². The molecule has 2 atom stereocenters. The van der Waals surface area contributed by atoms with Gasteiger partial charge >= 0.3 is 0 Å². The zero-order valence-electron chi connectivity index (χ0n) is 18.0. The van der Waals surface area contributed by atoms with E-state index in [0.717, 1.165) is 16.5 Å². The maximum Gasteiger partial charge on any atom is 0.237 e. The number of hydrogen-bond acceptors (Lipinski definition) is 6. The van der Waals surface area contributed by atoms with Crippen molar-refractivity contribution in [3.63, 3.8) is 0 Å². The topological polar surface area (TPSA) is 99.2 Å². The van der Waals surface area contributed by atoms with Crippen molar-refractivity contribution in [2.45, 2.75) is 25.0 Å². The highest BCUT2D eigenvalue weighted by molar-refractivity contribution is 5.91. The second kappa shape index (κ2) is 9.26. The van der Waals surface area contributed by atoms with Crippen molar-refractivity contribution in [2.24, 2.45) is 0 Å². The molecule has 7 heteroatoms. The van der Waals surface area contributed by atoms with E-state index in [1.165, 1.54) is 0 Å². The summed E-state index contributed by atoms with van der Waals surface area (Å²) >= 11 is 0. The zero-order chi connectivity index (χ0) is 22.6. The number of phenolic OH excluding ortho intramolecular Hbond substituents is 1. The lowest BCUT2D eigenvalue weighted by atomic mass is 10.1. The smallest absolute Gasteiger partial charge is 0.237 e. The normalized spacial score (nSPS) is 17.7. The molecule has 5 rings (SSSR count). The molecule has 0 aliphatic carbocycles. The third-order valence-electron chi connectivity index (χ3n) is 5.85. The number of aromatic nitrogens is 2. The molecule has 1 amide bonds. The Morgan fingerprint density at radius 2 is 1.73 bits per heavy atom. The Bertz CT molecular complexity index is 1280. The second-order valence-corrected chi connectivity index (χ2v) is 8.17. The van der Waals surface area contributed by atoms with Crippen LogP contribution in [0.5, 0.6) is 5.75 Å². The SMILES string of the molecule is O=C(NCc1ccccc1)[C@H]1CC(Nc2nc(-c3ccccc3O)nc3ccccc23)CN1. The van der Waals surface area contributed by atoms with Gasteiger partial charge in [-0.1, -0.05) is 54.6 Å². The van der Waals surface area contributed by atoms with Crippen molar-refractivity contribution in [2.75, 3.05) is 11.9 Å². The zero-order valence-corrected chi connectivity index (χ0v) is 18.0. The Kier molecular flexibility index (Phi) is 5.87. The Hall–Kier alpha value is -3.97. The molecule has 4 N–H and O–H groups in total. The number of carbonyl (C=O) groups is 1. The predicted molar refractivity (Wildman–Crippen MR) is 129 cm³/mol. The maximum absolute atomic E-state index is 12.7. The number of carbonyl (C=O) groups excluding carboxylic acids is 1. The number of aromatic hydroxyl groups is 1. The lowest BCUT2D eigenvalue weighted by Gasteiger charge is -2.16. The number of amides is 1. The molecule has 0 saturated carbocycles. The van der Waals surface area contributed by atoms with E-state index in [-0.39, 0.29) is 23.7 Å². The van der Waals surface area contributed by atoms with Gasteiger partial charge in [-0.05, 0) is 36.2 Å². The van der Waals surface area contributed by atoms with Gasteiger partial charge in [0.05, 0.1) is 17.1 Å². The molecule has 1 saturated heterocycles. The third-order valence-corrected chi connectivity index (χ3v) is 5.85. The summed E-state index contributed by atoms with van der Waals surface area (Å²) in [5.41, 5.74) is 2.44. The van der Waals surface area contributed by atoms with Crippen LogP contribution >= 0.6 is 0 Å². The van der Waals surface area contributed by atoms with Crippen LogP contribution in [-0.4, -0.2) is 39.6 Å². The molecule has 0 bridgehead atoms. The Morgan fingerprint density at radius 1 is 0.970 bits per heavy atom. The first-order valence-corrected chi connectivity index (χ1v) is 11.0. The van der Waals surface area contributed by atoms with E-state index in [2.05, 4.69) is 20.9 Å². The van der Waals surface area contributed by atoms with Crippen molar-refractivity contribution in [3.8, 4) is 17.1 Å². The van der Waals surface area contributed by atoms with Gasteiger partial charge in [-0.15, -0.1) is 0 Å². The first kappa shape index (κ1) is 20.9. The van der Waals surface area contributed by atoms with Crippen LogP contribution in [0.3, 0.4) is 0 Å². The Labute approximate surface area is 191 Å². The maximum atomic E-state index is 12.7. The van der Waals surface area contributed by atoms with E-state index in [4.69, 9.17) is 4.98 Å². The second-order valence-electron chi connectivity index (χ2n) is 8.17. The molecule has 1 aliphatic rings. The standard InChI is InChI=1S/C26H25N5O2/c32-23-13-7-5-11-20(23)25-30-21-12-6-4-10-19(21)24(31-25)29-18-14-22(27-16-18)26(33)28-15-17-8-2-1-3-9-17/h1-13,18,22,27,32H,14-16H2,(H,28,33)(H,29,30,31)/t18?,22-/m1/s1. The van der Waals surface area contributed by atoms with Gasteiger partial charge in [0.15, 0.2) is 5.82 Å². The average Bonchev–Trinajstić information content (AvgIpc) is 3.32. The van der Waals surface area contributed by atoms with Crippen LogP contribution in [-0.2, 0) is 11.3 Å². The molecule has 3 aromatic carbocycles. The summed E-state index contributed by atoms with van der Waals surface area (Å²) < 4.78 is 0. The van der Waals surface area contributed by atoms with Crippen LogP contribution in [0, 0.1) is 0 Å². The Morgan fingerprint density at radius 3 is 2.58 bits per heavy atom. The minimum absolute atomic E-state index is 0.00871. The van der Waals surface area contributed by atoms with Crippen LogP contribution in [0.25, 0.3) is 22.3 Å². The van der Waals surface area contributed by atoms with Gasteiger partial charge in [0, 0.05) is 24.5 Å². The van der Waals surface area contributed by atoms with Gasteiger partial charge in [0.1, 0.15) is 11.6 Å². The highest BCUT2D eigenvalue weighted by Gasteiger charge is 2.30. The third kappa shape index (κ3) is 4.63. The number of nitrogens with zero attached hydrogens (tertiary/aromatic N) is 2. The predicted octanol–water partition coefficient (Wildman–Crippen LogP) is 3.46. The molecule has 4 aromatic rings. The quantitative estimate of drug-likeness (QED) is 0.367. The van der Waals surface area contributed by atoms with E-state index in [1.807, 2.05) is 60.7 Å². The number of fused-ring (bicyclic) bond motifs is 1. The minimum atomic E-state index is -0.267. The van der Waals surface area contributed by atoms with E-state index in [9.17, 15) is 9.90 Å². The molecule has 1 aliphatic heterocycles. The fraction of sp³-hybridized carbons (Fsp3) is 0.192. The number of nitrogens with one attached hydrogen (secondary N) is 3. The summed E-state index contributed by atoms with van der Waals surface area (Å²) in [6, 6.07) is 24.5. The monoisotopic (exact) mass is 439 g/mol. The van der Waals surface area contributed by atoms with Crippen molar-refractivity contribution < 1.29 is 9.90 Å². The highest BCUT2D eigenvalue weighted by atomic mass is 16.3. The number of anilines is 1. The first-order chi connectivity index (χ1) is 16.2. The number of hydrogen-bond donors (Lipinski definition) is 4. The molecule has 2 heterocycles. The lowest BCUT2D eigenvalue weighted by Crippen LogP contribution is -2.39. The van der Waals surface area contributed by atoms with E-state index in [0.29, 0.717) is 36.7 Å². The molecule has 1 unspecified atom stereocenters. The summed E-state index contributed by atoms with van der Waals surface area (Å²) in [5.74, 6) is 1.27. The van der Waals surface area contributed by atoms with Crippen molar-refractivity contribution in [1.82, 2.24) is 20.6 Å². The highest BCUT2D eigenvalue weighted by Crippen LogP contribution is 2.30. The van der Waals surface area contributed by atoms with Crippen LogP contribution in [0.15, 0.2) is 78.9 Å². The van der Waals surface area contributed by atoms with Crippen LogP contribution in [0.1, 0.15) is 12.0 Å². The van der Waals surface area contributed by atoms with Crippen LogP contribution in [0.4, 0.5) is 5.82 Å². The first-order valence-electron chi connectivity index (χ1n) is 11.0. The summed E-state index contributed by atoms with van der Waals surface area (Å²) in [4.78, 5) is 22.0. The van der Waals surface area contributed by atoms with Gasteiger partial charge < -0.3 is 21.1 Å². The van der Waals surface area contributed by atoms with Crippen molar-refractivity contribution in [3.05, 3.63) is 84.4 Å². The number of rotatable bonds is 6. The summed E-state index contributed by atoms with van der Waals surface area (Å²) in [6.45, 7) is 1.16. The fourth-order valence-electron chi connectivity index (χ4n) is 4.12. The molecule has 33 heavy (non-hydrogen) atoms. The lowest BCUT2D eigenvalue weighted by molar-refractivity contribution is -0.122.